The van der Waals surface area contributed by atoms with Crippen LogP contribution >= 0.6 is 11.6 Å². The van der Waals surface area contributed by atoms with Crippen molar-refractivity contribution >= 4 is 45.3 Å². The van der Waals surface area contributed by atoms with Crippen LogP contribution in [0, 0.1) is 41.2 Å². The van der Waals surface area contributed by atoms with Crippen LogP contribution in [0.1, 0.15) is 16.7 Å². The summed E-state index contributed by atoms with van der Waals surface area (Å²) >= 11 is 6.01. The Kier molecular flexibility index (Phi) is 5.65. The molecular formula is C23H13ClF2N6O. The highest BCUT2D eigenvalue weighted by atomic mass is 35.5. The minimum Gasteiger partial charge on any atom is -0.355 e. The Bertz CT molecular complexity index is 1570. The fraction of sp³-hybridized carbons (Fsp3) is 0.0435. The van der Waals surface area contributed by atoms with Gasteiger partial charge in [0.2, 0.25) is 0 Å². The summed E-state index contributed by atoms with van der Waals surface area (Å²) in [5.74, 6) is -2.64. The first-order valence-corrected chi connectivity index (χ1v) is 9.85. The highest BCUT2D eigenvalue weighted by Crippen LogP contribution is 2.38. The zero-order valence-electron chi connectivity index (χ0n) is 16.9. The maximum Gasteiger partial charge on any atom is 0.260 e. The molecule has 0 radical (unpaired) electrons. The fourth-order valence-electron chi connectivity index (χ4n) is 3.36. The zero-order valence-corrected chi connectivity index (χ0v) is 17.7. The number of anilines is 4. The summed E-state index contributed by atoms with van der Waals surface area (Å²) in [5.41, 5.74) is 0.0757. The molecule has 1 heterocycles. The molecule has 3 aromatic carbocycles. The van der Waals surface area contributed by atoms with Gasteiger partial charge in [-0.1, -0.05) is 29.8 Å². The van der Waals surface area contributed by atoms with Crippen LogP contribution in [-0.4, -0.2) is 9.97 Å². The van der Waals surface area contributed by atoms with Gasteiger partial charge >= 0.3 is 0 Å². The number of benzene rings is 3. The predicted molar refractivity (Wildman–Crippen MR) is 121 cm³/mol. The summed E-state index contributed by atoms with van der Waals surface area (Å²) in [6.45, 7) is 1.91. The van der Waals surface area contributed by atoms with E-state index >= 15 is 0 Å². The second-order valence-electron chi connectivity index (χ2n) is 6.97. The van der Waals surface area contributed by atoms with Crippen LogP contribution in [0.3, 0.4) is 0 Å². The first kappa shape index (κ1) is 21.8. The van der Waals surface area contributed by atoms with Crippen molar-refractivity contribution in [3.63, 3.8) is 0 Å². The van der Waals surface area contributed by atoms with Gasteiger partial charge in [-0.15, -0.1) is 0 Å². The number of aryl methyl sites for hydroxylation is 1. The Morgan fingerprint density at radius 2 is 1.67 bits per heavy atom. The Balaban J connectivity index is 1.90. The third-order valence-electron chi connectivity index (χ3n) is 5.01. The average molecular weight is 463 g/mol. The minimum atomic E-state index is -1.34. The smallest absolute Gasteiger partial charge is 0.260 e. The molecule has 0 spiro atoms. The number of nitrogens with one attached hydrogen (secondary N) is 3. The van der Waals surface area contributed by atoms with Gasteiger partial charge < -0.3 is 15.6 Å². The minimum absolute atomic E-state index is 0.169. The SMILES string of the molecule is Cc1ccccc1Nc1ccc(Nc2c(Cl)c(F)c(C#N)c(F)c2C#N)c2nc[nH]c(=O)c12. The summed E-state index contributed by atoms with van der Waals surface area (Å²) in [5, 5.41) is 23.8. The van der Waals surface area contributed by atoms with E-state index in [-0.39, 0.29) is 22.3 Å². The van der Waals surface area contributed by atoms with Gasteiger partial charge in [-0.05, 0) is 30.7 Å². The summed E-state index contributed by atoms with van der Waals surface area (Å²) in [6.07, 6.45) is 1.18. The highest BCUT2D eigenvalue weighted by molar-refractivity contribution is 6.34. The normalized spacial score (nSPS) is 10.5. The summed E-state index contributed by atoms with van der Waals surface area (Å²) < 4.78 is 29.0. The van der Waals surface area contributed by atoms with Crippen molar-refractivity contribution in [2.45, 2.75) is 6.92 Å². The number of halogens is 3. The van der Waals surface area contributed by atoms with E-state index in [1.165, 1.54) is 18.5 Å². The third kappa shape index (κ3) is 3.71. The lowest BCUT2D eigenvalue weighted by molar-refractivity contribution is 0.576. The van der Waals surface area contributed by atoms with E-state index in [1.807, 2.05) is 31.2 Å². The van der Waals surface area contributed by atoms with Gasteiger partial charge in [-0.2, -0.15) is 10.5 Å². The summed E-state index contributed by atoms with van der Waals surface area (Å²) in [6, 6.07) is 13.6. The van der Waals surface area contributed by atoms with Crippen molar-refractivity contribution in [2.24, 2.45) is 0 Å². The number of rotatable bonds is 4. The van der Waals surface area contributed by atoms with Crippen LogP contribution in [-0.2, 0) is 0 Å². The molecule has 0 saturated carbocycles. The molecule has 4 rings (SSSR count). The molecule has 162 valence electrons. The Hall–Kier alpha value is -4.47. The number of H-pyrrole nitrogens is 1. The van der Waals surface area contributed by atoms with E-state index in [0.29, 0.717) is 5.69 Å². The summed E-state index contributed by atoms with van der Waals surface area (Å²) in [4.78, 5) is 19.4. The Labute approximate surface area is 190 Å². The second kappa shape index (κ2) is 8.58. The topological polar surface area (TPSA) is 117 Å². The van der Waals surface area contributed by atoms with E-state index in [2.05, 4.69) is 20.6 Å². The van der Waals surface area contributed by atoms with Crippen molar-refractivity contribution in [3.05, 3.63) is 86.4 Å². The van der Waals surface area contributed by atoms with E-state index in [0.717, 1.165) is 11.3 Å². The number of aromatic amines is 1. The molecule has 0 fully saturated rings. The van der Waals surface area contributed by atoms with Crippen LogP contribution in [0.4, 0.5) is 31.5 Å². The first-order valence-electron chi connectivity index (χ1n) is 9.48. The van der Waals surface area contributed by atoms with E-state index < -0.39 is 33.3 Å². The first-order chi connectivity index (χ1) is 15.9. The predicted octanol–water partition coefficient (Wildman–Crippen LogP) is 5.39. The van der Waals surface area contributed by atoms with Crippen LogP contribution in [0.2, 0.25) is 5.02 Å². The number of para-hydroxylation sites is 1. The monoisotopic (exact) mass is 462 g/mol. The largest absolute Gasteiger partial charge is 0.355 e. The molecule has 33 heavy (non-hydrogen) atoms. The van der Waals surface area contributed by atoms with E-state index in [9.17, 15) is 18.8 Å². The highest BCUT2D eigenvalue weighted by Gasteiger charge is 2.25. The number of hydrogen-bond acceptors (Lipinski definition) is 6. The van der Waals surface area contributed by atoms with Crippen molar-refractivity contribution in [2.75, 3.05) is 10.6 Å². The maximum absolute atomic E-state index is 14.5. The molecule has 0 amide bonds. The number of nitrogens with zero attached hydrogens (tertiary/aromatic N) is 3. The van der Waals surface area contributed by atoms with Crippen molar-refractivity contribution < 1.29 is 8.78 Å². The van der Waals surface area contributed by atoms with Gasteiger partial charge in [-0.3, -0.25) is 4.79 Å². The number of nitriles is 2. The van der Waals surface area contributed by atoms with Crippen LogP contribution < -0.4 is 16.2 Å². The van der Waals surface area contributed by atoms with Gasteiger partial charge in [0.15, 0.2) is 11.6 Å². The Morgan fingerprint density at radius 1 is 0.970 bits per heavy atom. The van der Waals surface area contributed by atoms with E-state index in [1.54, 1.807) is 12.1 Å². The van der Waals surface area contributed by atoms with Crippen molar-refractivity contribution in [1.29, 1.82) is 10.5 Å². The fourth-order valence-corrected chi connectivity index (χ4v) is 3.60. The average Bonchev–Trinajstić information content (AvgIpc) is 2.80. The lowest BCUT2D eigenvalue weighted by Crippen LogP contribution is -2.11. The van der Waals surface area contributed by atoms with Gasteiger partial charge in [0, 0.05) is 5.69 Å². The molecule has 0 unspecified atom stereocenters. The quantitative estimate of drug-likeness (QED) is 0.350. The molecule has 0 aliphatic heterocycles. The second-order valence-corrected chi connectivity index (χ2v) is 7.35. The third-order valence-corrected chi connectivity index (χ3v) is 5.37. The lowest BCUT2D eigenvalue weighted by atomic mass is 10.1. The number of aromatic nitrogens is 2. The molecule has 1 aromatic heterocycles. The molecule has 0 bridgehead atoms. The molecule has 0 aliphatic carbocycles. The number of hydrogen-bond donors (Lipinski definition) is 3. The molecule has 0 atom stereocenters. The maximum atomic E-state index is 14.5. The zero-order chi connectivity index (χ0) is 23.7. The molecule has 3 N–H and O–H groups in total. The van der Waals surface area contributed by atoms with E-state index in [4.69, 9.17) is 16.9 Å². The van der Waals surface area contributed by atoms with Gasteiger partial charge in [0.05, 0.1) is 28.8 Å². The number of fused-ring (bicyclic) bond motifs is 1. The van der Waals surface area contributed by atoms with Gasteiger partial charge in [0.25, 0.3) is 5.56 Å². The standard InChI is InChI=1S/C23H13ClF2N6O/c1-11-4-2-3-5-14(11)31-15-6-7-16(22-17(15)23(33)30-10-29-22)32-21-13(9-28)19(25)12(8-27)20(26)18(21)24/h2-7,10,31-32H,1H3,(H,29,30,33). The molecule has 0 saturated heterocycles. The van der Waals surface area contributed by atoms with Crippen LogP contribution in [0.5, 0.6) is 0 Å². The molecule has 7 nitrogen and oxygen atoms in total. The van der Waals surface area contributed by atoms with Crippen molar-refractivity contribution in [1.82, 2.24) is 9.97 Å². The van der Waals surface area contributed by atoms with Gasteiger partial charge in [-0.25, -0.2) is 13.8 Å². The summed E-state index contributed by atoms with van der Waals surface area (Å²) in [7, 11) is 0. The Morgan fingerprint density at radius 3 is 2.36 bits per heavy atom. The lowest BCUT2D eigenvalue weighted by Gasteiger charge is -2.16. The van der Waals surface area contributed by atoms with Crippen LogP contribution in [0.25, 0.3) is 10.9 Å². The van der Waals surface area contributed by atoms with Crippen molar-refractivity contribution in [3.8, 4) is 12.1 Å². The molecule has 10 heteroatoms. The molecule has 0 aliphatic rings. The molecule has 4 aromatic rings. The van der Waals surface area contributed by atoms with Gasteiger partial charge in [0.1, 0.15) is 33.8 Å². The molecular weight excluding hydrogens is 450 g/mol. The van der Waals surface area contributed by atoms with Crippen LogP contribution in [0.15, 0.2) is 47.5 Å².